The number of fused-ring (bicyclic) bond motifs is 1. The molecule has 2 aromatic carbocycles. The normalized spacial score (nSPS) is 18.1. The van der Waals surface area contributed by atoms with E-state index in [2.05, 4.69) is 29.6 Å². The van der Waals surface area contributed by atoms with Gasteiger partial charge in [0.2, 0.25) is 0 Å². The van der Waals surface area contributed by atoms with Crippen LogP contribution in [-0.2, 0) is 12.8 Å². The Hall–Kier alpha value is -1.02. The summed E-state index contributed by atoms with van der Waals surface area (Å²) in [5.74, 6) is 0. The summed E-state index contributed by atoms with van der Waals surface area (Å²) in [7, 11) is 0. The van der Waals surface area contributed by atoms with Gasteiger partial charge in [-0.05, 0) is 48.2 Å². The first-order chi connectivity index (χ1) is 9.24. The average Bonchev–Trinajstić information content (AvgIpc) is 2.42. The Morgan fingerprint density at radius 3 is 2.79 bits per heavy atom. The van der Waals surface area contributed by atoms with E-state index >= 15 is 0 Å². The molecule has 1 aliphatic rings. The minimum absolute atomic E-state index is 0.337. The molecule has 1 atom stereocenters. The first kappa shape index (κ1) is 13.0. The lowest BCUT2D eigenvalue weighted by atomic mass is 9.90. The zero-order valence-corrected chi connectivity index (χ0v) is 12.0. The van der Waals surface area contributed by atoms with Crippen LogP contribution in [0.5, 0.6) is 0 Å². The van der Waals surface area contributed by atoms with Gasteiger partial charge in [0, 0.05) is 16.1 Å². The van der Waals surface area contributed by atoms with Crippen molar-refractivity contribution < 1.29 is 0 Å². The van der Waals surface area contributed by atoms with Crippen molar-refractivity contribution in [2.45, 2.75) is 18.9 Å². The number of nitrogens with one attached hydrogen (secondary N) is 1. The van der Waals surface area contributed by atoms with Gasteiger partial charge in [-0.25, -0.2) is 0 Å². The van der Waals surface area contributed by atoms with Crippen molar-refractivity contribution in [1.29, 1.82) is 0 Å². The summed E-state index contributed by atoms with van der Waals surface area (Å²) in [6, 6.07) is 14.7. The third kappa shape index (κ3) is 2.79. The molecule has 1 aliphatic heterocycles. The molecule has 1 heterocycles. The topological polar surface area (TPSA) is 12.0 Å². The second-order valence-electron chi connectivity index (χ2n) is 4.90. The van der Waals surface area contributed by atoms with Crippen LogP contribution in [0.2, 0.25) is 10.0 Å². The van der Waals surface area contributed by atoms with Gasteiger partial charge in [0.05, 0.1) is 0 Å². The summed E-state index contributed by atoms with van der Waals surface area (Å²) in [4.78, 5) is 0. The van der Waals surface area contributed by atoms with Crippen molar-refractivity contribution in [2.24, 2.45) is 0 Å². The van der Waals surface area contributed by atoms with Crippen molar-refractivity contribution in [3.8, 4) is 0 Å². The first-order valence-electron chi connectivity index (χ1n) is 6.49. The van der Waals surface area contributed by atoms with Gasteiger partial charge < -0.3 is 5.32 Å². The molecule has 3 heteroatoms. The van der Waals surface area contributed by atoms with Gasteiger partial charge in [-0.1, -0.05) is 53.5 Å². The minimum atomic E-state index is 0.337. The fourth-order valence-corrected chi connectivity index (χ4v) is 3.17. The standard InChI is InChI=1S/C16H15Cl2N/c17-13-6-5-12(15(18)10-13)9-16-14-4-2-1-3-11(14)7-8-19-16/h1-6,10,16,19H,7-9H2. The molecule has 3 rings (SSSR count). The lowest BCUT2D eigenvalue weighted by Gasteiger charge is -2.27. The maximum atomic E-state index is 6.26. The Morgan fingerprint density at radius 2 is 1.95 bits per heavy atom. The highest BCUT2D eigenvalue weighted by Crippen LogP contribution is 2.29. The van der Waals surface area contributed by atoms with Crippen LogP contribution in [0.1, 0.15) is 22.7 Å². The van der Waals surface area contributed by atoms with Gasteiger partial charge in [0.1, 0.15) is 0 Å². The average molecular weight is 292 g/mol. The lowest BCUT2D eigenvalue weighted by Crippen LogP contribution is -2.31. The minimum Gasteiger partial charge on any atom is -0.309 e. The van der Waals surface area contributed by atoms with Crippen molar-refractivity contribution in [3.05, 3.63) is 69.2 Å². The van der Waals surface area contributed by atoms with Crippen LogP contribution in [0.3, 0.4) is 0 Å². The highest BCUT2D eigenvalue weighted by molar-refractivity contribution is 6.35. The van der Waals surface area contributed by atoms with E-state index in [1.165, 1.54) is 11.1 Å². The number of rotatable bonds is 2. The summed E-state index contributed by atoms with van der Waals surface area (Å²) in [5.41, 5.74) is 3.97. The molecule has 98 valence electrons. The van der Waals surface area contributed by atoms with Gasteiger partial charge in [0.25, 0.3) is 0 Å². The fourth-order valence-electron chi connectivity index (χ4n) is 2.68. The quantitative estimate of drug-likeness (QED) is 0.863. The molecule has 0 radical (unpaired) electrons. The van der Waals surface area contributed by atoms with Crippen molar-refractivity contribution >= 4 is 23.2 Å². The van der Waals surface area contributed by atoms with Crippen LogP contribution in [0, 0.1) is 0 Å². The summed E-state index contributed by atoms with van der Waals surface area (Å²) in [6.45, 7) is 1.02. The molecule has 0 saturated heterocycles. The van der Waals surface area contributed by atoms with Crippen LogP contribution in [-0.4, -0.2) is 6.54 Å². The van der Waals surface area contributed by atoms with E-state index in [1.54, 1.807) is 0 Å². The highest BCUT2D eigenvalue weighted by atomic mass is 35.5. The fraction of sp³-hybridized carbons (Fsp3) is 0.250. The maximum Gasteiger partial charge on any atom is 0.0453 e. The molecule has 0 bridgehead atoms. The largest absolute Gasteiger partial charge is 0.309 e. The predicted molar refractivity (Wildman–Crippen MR) is 81.1 cm³/mol. The van der Waals surface area contributed by atoms with E-state index in [1.807, 2.05) is 18.2 Å². The maximum absolute atomic E-state index is 6.26. The molecule has 19 heavy (non-hydrogen) atoms. The number of hydrogen-bond donors (Lipinski definition) is 1. The second kappa shape index (κ2) is 5.54. The van der Waals surface area contributed by atoms with E-state index in [-0.39, 0.29) is 0 Å². The van der Waals surface area contributed by atoms with Gasteiger partial charge in [-0.15, -0.1) is 0 Å². The molecular weight excluding hydrogens is 277 g/mol. The summed E-state index contributed by atoms with van der Waals surface area (Å²) < 4.78 is 0. The molecular formula is C16H15Cl2N. The van der Waals surface area contributed by atoms with E-state index in [9.17, 15) is 0 Å². The molecule has 0 fully saturated rings. The smallest absolute Gasteiger partial charge is 0.0453 e. The van der Waals surface area contributed by atoms with Crippen LogP contribution in [0.15, 0.2) is 42.5 Å². The third-order valence-electron chi connectivity index (χ3n) is 3.65. The molecule has 1 unspecified atom stereocenters. The molecule has 2 aromatic rings. The van der Waals surface area contributed by atoms with Crippen LogP contribution >= 0.6 is 23.2 Å². The number of halogens is 2. The van der Waals surface area contributed by atoms with E-state index in [4.69, 9.17) is 23.2 Å². The molecule has 0 aliphatic carbocycles. The predicted octanol–water partition coefficient (Wildman–Crippen LogP) is 4.42. The van der Waals surface area contributed by atoms with Crippen molar-refractivity contribution in [1.82, 2.24) is 5.32 Å². The second-order valence-corrected chi connectivity index (χ2v) is 5.74. The Kier molecular flexibility index (Phi) is 3.79. The molecule has 0 aromatic heterocycles. The Bertz CT molecular complexity index is 595. The zero-order valence-electron chi connectivity index (χ0n) is 10.5. The lowest BCUT2D eigenvalue weighted by molar-refractivity contribution is 0.502. The Labute approximate surface area is 123 Å². The van der Waals surface area contributed by atoms with E-state index < -0.39 is 0 Å². The summed E-state index contributed by atoms with van der Waals surface area (Å²) in [5, 5.41) is 5.01. The molecule has 0 spiro atoms. The van der Waals surface area contributed by atoms with Crippen LogP contribution < -0.4 is 5.32 Å². The Balaban J connectivity index is 1.88. The van der Waals surface area contributed by atoms with Gasteiger partial charge >= 0.3 is 0 Å². The van der Waals surface area contributed by atoms with Crippen LogP contribution in [0.25, 0.3) is 0 Å². The van der Waals surface area contributed by atoms with E-state index in [0.29, 0.717) is 11.1 Å². The zero-order chi connectivity index (χ0) is 13.2. The van der Waals surface area contributed by atoms with Gasteiger partial charge in [-0.3, -0.25) is 0 Å². The Morgan fingerprint density at radius 1 is 1.11 bits per heavy atom. The van der Waals surface area contributed by atoms with Gasteiger partial charge in [-0.2, -0.15) is 0 Å². The van der Waals surface area contributed by atoms with Crippen molar-refractivity contribution in [2.75, 3.05) is 6.54 Å². The monoisotopic (exact) mass is 291 g/mol. The molecule has 0 saturated carbocycles. The van der Waals surface area contributed by atoms with Gasteiger partial charge in [0.15, 0.2) is 0 Å². The third-order valence-corrected chi connectivity index (χ3v) is 4.24. The highest BCUT2D eigenvalue weighted by Gasteiger charge is 2.20. The molecule has 0 amide bonds. The van der Waals surface area contributed by atoms with E-state index in [0.717, 1.165) is 30.0 Å². The number of hydrogen-bond acceptors (Lipinski definition) is 1. The number of benzene rings is 2. The molecule has 1 nitrogen and oxygen atoms in total. The SMILES string of the molecule is Clc1ccc(CC2NCCc3ccccc32)c(Cl)c1. The first-order valence-corrected chi connectivity index (χ1v) is 7.25. The summed E-state index contributed by atoms with van der Waals surface area (Å²) in [6.07, 6.45) is 1.99. The van der Waals surface area contributed by atoms with Crippen LogP contribution in [0.4, 0.5) is 0 Å². The van der Waals surface area contributed by atoms with Crippen molar-refractivity contribution in [3.63, 3.8) is 0 Å². The summed E-state index contributed by atoms with van der Waals surface area (Å²) >= 11 is 12.2. The molecule has 1 N–H and O–H groups in total.